The number of hydrogen-bond acceptors (Lipinski definition) is 4. The Kier molecular flexibility index (Phi) is 4.29. The van der Waals surface area contributed by atoms with Crippen molar-refractivity contribution in [1.82, 2.24) is 9.78 Å². The number of nitriles is 1. The highest BCUT2D eigenvalue weighted by Crippen LogP contribution is 2.18. The molecular formula is C14H16N4O2S. The highest BCUT2D eigenvalue weighted by molar-refractivity contribution is 7.91. The van der Waals surface area contributed by atoms with Crippen molar-refractivity contribution in [3.05, 3.63) is 47.3 Å². The summed E-state index contributed by atoms with van der Waals surface area (Å²) < 4.78 is 28.6. The molecule has 0 aliphatic carbocycles. The number of benzene rings is 1. The van der Waals surface area contributed by atoms with Crippen molar-refractivity contribution in [3.8, 4) is 6.07 Å². The molecule has 0 amide bonds. The van der Waals surface area contributed by atoms with Gasteiger partial charge in [-0.15, -0.1) is 0 Å². The van der Waals surface area contributed by atoms with E-state index >= 15 is 0 Å². The van der Waals surface area contributed by atoms with E-state index in [4.69, 9.17) is 5.26 Å². The summed E-state index contributed by atoms with van der Waals surface area (Å²) in [5.74, 6) is -0.241. The maximum Gasteiger partial charge on any atom is 0.237 e. The summed E-state index contributed by atoms with van der Waals surface area (Å²) in [4.78, 5) is 0. The average molecular weight is 304 g/mol. The summed E-state index contributed by atoms with van der Waals surface area (Å²) in [6, 6.07) is 8.67. The molecule has 0 spiro atoms. The zero-order chi connectivity index (χ0) is 15.5. The second-order valence-electron chi connectivity index (χ2n) is 4.65. The van der Waals surface area contributed by atoms with Gasteiger partial charge >= 0.3 is 0 Å². The zero-order valence-corrected chi connectivity index (χ0v) is 12.7. The van der Waals surface area contributed by atoms with Gasteiger partial charge in [-0.1, -0.05) is 25.1 Å². The molecule has 0 aliphatic heterocycles. The topological polar surface area (TPSA) is 87.8 Å². The van der Waals surface area contributed by atoms with Gasteiger partial charge in [0.1, 0.15) is 0 Å². The predicted molar refractivity (Wildman–Crippen MR) is 80.0 cm³/mol. The molecule has 0 unspecified atom stereocenters. The third-order valence-corrected chi connectivity index (χ3v) is 4.21. The molecule has 0 bridgehead atoms. The van der Waals surface area contributed by atoms with Gasteiger partial charge in [-0.05, 0) is 18.1 Å². The molecule has 7 heteroatoms. The molecule has 0 radical (unpaired) electrons. The Morgan fingerprint density at radius 1 is 1.38 bits per heavy atom. The second kappa shape index (κ2) is 5.97. The van der Waals surface area contributed by atoms with E-state index in [2.05, 4.69) is 9.82 Å². The predicted octanol–water partition coefficient (Wildman–Crippen LogP) is 1.80. The number of hydrogen-bond donors (Lipinski definition) is 1. The maximum absolute atomic E-state index is 12.3. The van der Waals surface area contributed by atoms with Gasteiger partial charge in [0.05, 0.1) is 28.8 Å². The molecule has 2 aromatic rings. The van der Waals surface area contributed by atoms with Crippen LogP contribution in [0, 0.1) is 11.3 Å². The lowest BCUT2D eigenvalue weighted by molar-refractivity contribution is 0.600. The molecule has 21 heavy (non-hydrogen) atoms. The van der Waals surface area contributed by atoms with Crippen molar-refractivity contribution < 1.29 is 8.42 Å². The minimum Gasteiger partial charge on any atom is -0.280 e. The lowest BCUT2D eigenvalue weighted by Gasteiger charge is -2.08. The van der Waals surface area contributed by atoms with Crippen molar-refractivity contribution in [3.63, 3.8) is 0 Å². The van der Waals surface area contributed by atoms with E-state index in [-0.39, 0.29) is 5.75 Å². The first-order valence-electron chi connectivity index (χ1n) is 6.46. The summed E-state index contributed by atoms with van der Waals surface area (Å²) in [7, 11) is -1.86. The van der Waals surface area contributed by atoms with Gasteiger partial charge in [0.25, 0.3) is 0 Å². The first-order chi connectivity index (χ1) is 9.95. The summed E-state index contributed by atoms with van der Waals surface area (Å²) >= 11 is 0. The molecule has 1 aromatic carbocycles. The van der Waals surface area contributed by atoms with Crippen LogP contribution in [0.25, 0.3) is 0 Å². The van der Waals surface area contributed by atoms with Crippen LogP contribution in [0.5, 0.6) is 0 Å². The van der Waals surface area contributed by atoms with Crippen molar-refractivity contribution in [1.29, 1.82) is 5.26 Å². The third kappa shape index (κ3) is 3.61. The summed E-state index contributed by atoms with van der Waals surface area (Å²) in [5, 5.41) is 13.2. The molecule has 1 heterocycles. The van der Waals surface area contributed by atoms with Crippen LogP contribution < -0.4 is 4.72 Å². The molecule has 1 aromatic heterocycles. The highest BCUT2D eigenvalue weighted by Gasteiger charge is 2.17. The molecule has 0 atom stereocenters. The molecule has 0 fully saturated rings. The smallest absolute Gasteiger partial charge is 0.237 e. The van der Waals surface area contributed by atoms with Crippen LogP contribution in [0.15, 0.2) is 30.5 Å². The van der Waals surface area contributed by atoms with E-state index in [0.717, 1.165) is 0 Å². The van der Waals surface area contributed by atoms with Crippen LogP contribution in [-0.2, 0) is 29.2 Å². The number of rotatable bonds is 5. The van der Waals surface area contributed by atoms with Gasteiger partial charge in [-0.25, -0.2) is 8.42 Å². The Morgan fingerprint density at radius 2 is 2.10 bits per heavy atom. The average Bonchev–Trinajstić information content (AvgIpc) is 2.78. The van der Waals surface area contributed by atoms with Crippen LogP contribution in [0.2, 0.25) is 0 Å². The van der Waals surface area contributed by atoms with E-state index in [1.165, 1.54) is 0 Å². The fraction of sp³-hybridized carbons (Fsp3) is 0.286. The van der Waals surface area contributed by atoms with Crippen molar-refractivity contribution in [2.24, 2.45) is 7.05 Å². The number of aryl methyl sites for hydroxylation is 2. The number of aromatic nitrogens is 2. The Hall–Kier alpha value is -2.33. The van der Waals surface area contributed by atoms with Crippen molar-refractivity contribution in [2.45, 2.75) is 19.1 Å². The van der Waals surface area contributed by atoms with Gasteiger partial charge < -0.3 is 0 Å². The summed E-state index contributed by atoms with van der Waals surface area (Å²) in [5.41, 5.74) is 2.02. The third-order valence-electron chi connectivity index (χ3n) is 2.99. The van der Waals surface area contributed by atoms with E-state index in [1.807, 2.05) is 13.0 Å². The lowest BCUT2D eigenvalue weighted by atomic mass is 10.1. The van der Waals surface area contributed by atoms with Gasteiger partial charge in [0.15, 0.2) is 0 Å². The summed E-state index contributed by atoms with van der Waals surface area (Å²) in [6.07, 6.45) is 2.26. The number of nitrogens with zero attached hydrogens (tertiary/aromatic N) is 3. The fourth-order valence-electron chi connectivity index (χ4n) is 2.04. The monoisotopic (exact) mass is 304 g/mol. The summed E-state index contributed by atoms with van der Waals surface area (Å²) in [6.45, 7) is 1.91. The maximum atomic E-state index is 12.3. The van der Waals surface area contributed by atoms with Gasteiger partial charge in [-0.2, -0.15) is 10.4 Å². The molecule has 0 saturated heterocycles. The quantitative estimate of drug-likeness (QED) is 0.912. The molecule has 2 rings (SSSR count). The van der Waals surface area contributed by atoms with E-state index in [0.29, 0.717) is 28.9 Å². The minimum atomic E-state index is -3.59. The largest absolute Gasteiger partial charge is 0.280 e. The molecule has 110 valence electrons. The Balaban J connectivity index is 2.25. The van der Waals surface area contributed by atoms with E-state index < -0.39 is 10.0 Å². The van der Waals surface area contributed by atoms with Gasteiger partial charge in [0.2, 0.25) is 10.0 Å². The van der Waals surface area contributed by atoms with Crippen LogP contribution in [0.1, 0.15) is 23.7 Å². The molecule has 0 saturated carbocycles. The van der Waals surface area contributed by atoms with Crippen molar-refractivity contribution >= 4 is 15.7 Å². The van der Waals surface area contributed by atoms with Crippen LogP contribution in [0.3, 0.4) is 0 Å². The lowest BCUT2D eigenvalue weighted by Crippen LogP contribution is -2.16. The number of nitrogens with one attached hydrogen (secondary N) is 1. The Morgan fingerprint density at radius 3 is 2.76 bits per heavy atom. The Bertz CT molecular complexity index is 788. The van der Waals surface area contributed by atoms with E-state index in [1.54, 1.807) is 42.2 Å². The number of anilines is 1. The SMILES string of the molecule is CCc1nn(C)cc1NS(=O)(=O)Cc1ccccc1C#N. The van der Waals surface area contributed by atoms with Crippen LogP contribution in [-0.4, -0.2) is 18.2 Å². The van der Waals surface area contributed by atoms with Gasteiger partial charge in [0, 0.05) is 13.2 Å². The molecular weight excluding hydrogens is 288 g/mol. The zero-order valence-electron chi connectivity index (χ0n) is 11.9. The standard InChI is InChI=1S/C14H16N4O2S/c1-3-13-14(9-18(2)16-13)17-21(19,20)10-12-7-5-4-6-11(12)8-15/h4-7,9,17H,3,10H2,1-2H3. The van der Waals surface area contributed by atoms with Crippen LogP contribution in [0.4, 0.5) is 5.69 Å². The van der Waals surface area contributed by atoms with Crippen LogP contribution >= 0.6 is 0 Å². The first kappa shape index (κ1) is 15.1. The Labute approximate surface area is 124 Å². The molecule has 6 nitrogen and oxygen atoms in total. The minimum absolute atomic E-state index is 0.241. The first-order valence-corrected chi connectivity index (χ1v) is 8.11. The number of sulfonamides is 1. The van der Waals surface area contributed by atoms with Crippen molar-refractivity contribution in [2.75, 3.05) is 4.72 Å². The normalized spacial score (nSPS) is 11.1. The molecule has 0 aliphatic rings. The van der Waals surface area contributed by atoms with E-state index in [9.17, 15) is 8.42 Å². The van der Waals surface area contributed by atoms with Gasteiger partial charge in [-0.3, -0.25) is 9.40 Å². The highest BCUT2D eigenvalue weighted by atomic mass is 32.2. The fourth-order valence-corrected chi connectivity index (χ4v) is 3.28. The second-order valence-corrected chi connectivity index (χ2v) is 6.37. The molecule has 1 N–H and O–H groups in total.